The summed E-state index contributed by atoms with van der Waals surface area (Å²) in [5, 5.41) is 14.7. The molecule has 3 amide bonds. The van der Waals surface area contributed by atoms with Gasteiger partial charge in [-0.05, 0) is 42.7 Å². The fraction of sp³-hybridized carbons (Fsp3) is 0.393. The van der Waals surface area contributed by atoms with Crippen LogP contribution in [0.4, 0.5) is 5.69 Å². The van der Waals surface area contributed by atoms with E-state index in [-0.39, 0.29) is 50.1 Å². The number of nitrogens with one attached hydrogen (secondary N) is 2. The summed E-state index contributed by atoms with van der Waals surface area (Å²) >= 11 is 0. The molecular weight excluding hydrogens is 522 g/mol. The Morgan fingerprint density at radius 2 is 1.98 bits per heavy atom. The molecule has 0 spiro atoms. The van der Waals surface area contributed by atoms with E-state index in [1.54, 1.807) is 36.4 Å². The van der Waals surface area contributed by atoms with E-state index < -0.39 is 30.2 Å². The summed E-state index contributed by atoms with van der Waals surface area (Å²) in [5.41, 5.74) is 1.53. The van der Waals surface area contributed by atoms with Crippen molar-refractivity contribution >= 4 is 41.4 Å². The summed E-state index contributed by atoms with van der Waals surface area (Å²) in [5.74, 6) is -2.12. The van der Waals surface area contributed by atoms with Gasteiger partial charge in [-0.25, -0.2) is 4.79 Å². The summed E-state index contributed by atoms with van der Waals surface area (Å²) in [6, 6.07) is 5.00. The maximum Gasteiger partial charge on any atom is 0.332 e. The molecule has 2 aliphatic rings. The molecule has 1 fully saturated rings. The standard InChI is InChI=1S/C28H33N3O9/c1-18-8-11-26(35)31(18)15-13-24(33)29-14-12-25(34)30-21-17-20(5-4-16-38-19(2)32)9-10-22(21)39-27-7-3-6-23(40-27)28(36)37/h4-5,8-11,17,23,27H,1,3,6-7,12-16H2,2H3,(H,29,33)(H,30,34)(H,36,37)/b5-4+. The van der Waals surface area contributed by atoms with Crippen LogP contribution in [-0.2, 0) is 33.4 Å². The van der Waals surface area contributed by atoms with Crippen LogP contribution < -0.4 is 15.4 Å². The van der Waals surface area contributed by atoms with Gasteiger partial charge in [-0.2, -0.15) is 0 Å². The van der Waals surface area contributed by atoms with Gasteiger partial charge in [-0.3, -0.25) is 19.2 Å². The number of carboxylic acid groups (broad SMARTS) is 1. The molecule has 3 N–H and O–H groups in total. The Balaban J connectivity index is 1.58. The maximum absolute atomic E-state index is 12.7. The van der Waals surface area contributed by atoms with Gasteiger partial charge in [0.1, 0.15) is 12.4 Å². The predicted octanol–water partition coefficient (Wildman–Crippen LogP) is 2.37. The van der Waals surface area contributed by atoms with Crippen molar-refractivity contribution in [2.45, 2.75) is 51.4 Å². The van der Waals surface area contributed by atoms with Crippen LogP contribution in [0.3, 0.4) is 0 Å². The number of anilines is 1. The number of aliphatic carboxylic acids is 1. The molecule has 0 bridgehead atoms. The van der Waals surface area contributed by atoms with Gasteiger partial charge in [0.05, 0.1) is 5.69 Å². The number of allylic oxidation sites excluding steroid dienone is 1. The molecule has 2 unspecified atom stereocenters. The zero-order chi connectivity index (χ0) is 29.1. The zero-order valence-corrected chi connectivity index (χ0v) is 22.2. The van der Waals surface area contributed by atoms with E-state index in [1.807, 2.05) is 0 Å². The van der Waals surface area contributed by atoms with Gasteiger partial charge in [-0.1, -0.05) is 18.7 Å². The van der Waals surface area contributed by atoms with Gasteiger partial charge in [0.15, 0.2) is 6.10 Å². The number of carbonyl (C=O) groups excluding carboxylic acids is 4. The van der Waals surface area contributed by atoms with E-state index in [1.165, 1.54) is 17.9 Å². The molecule has 0 aliphatic carbocycles. The summed E-state index contributed by atoms with van der Waals surface area (Å²) in [6.45, 7) is 5.39. The van der Waals surface area contributed by atoms with Crippen molar-refractivity contribution in [3.05, 3.63) is 54.3 Å². The average molecular weight is 556 g/mol. The van der Waals surface area contributed by atoms with Crippen LogP contribution >= 0.6 is 0 Å². The molecule has 12 nitrogen and oxygen atoms in total. The first-order valence-electron chi connectivity index (χ1n) is 12.9. The highest BCUT2D eigenvalue weighted by atomic mass is 16.7. The molecule has 0 radical (unpaired) electrons. The number of carbonyl (C=O) groups is 5. The SMILES string of the molecule is C=C1C=CC(=O)N1CCC(=O)NCCC(=O)Nc1cc(/C=C/COC(C)=O)ccc1OC1CCCC(C(=O)O)O1. The molecule has 0 aromatic heterocycles. The van der Waals surface area contributed by atoms with E-state index in [4.69, 9.17) is 14.2 Å². The largest absolute Gasteiger partial charge is 0.479 e. The molecule has 0 saturated carbocycles. The summed E-state index contributed by atoms with van der Waals surface area (Å²) in [7, 11) is 0. The lowest BCUT2D eigenvalue weighted by Crippen LogP contribution is -2.36. The van der Waals surface area contributed by atoms with Crippen LogP contribution in [0, 0.1) is 0 Å². The lowest BCUT2D eigenvalue weighted by molar-refractivity contribution is -0.180. The van der Waals surface area contributed by atoms with Crippen molar-refractivity contribution in [2.75, 3.05) is 25.0 Å². The van der Waals surface area contributed by atoms with E-state index in [0.29, 0.717) is 36.2 Å². The molecular formula is C28H33N3O9. The van der Waals surface area contributed by atoms with Crippen molar-refractivity contribution in [1.82, 2.24) is 10.2 Å². The highest BCUT2D eigenvalue weighted by Gasteiger charge is 2.29. The summed E-state index contributed by atoms with van der Waals surface area (Å²) < 4.78 is 16.3. The zero-order valence-electron chi connectivity index (χ0n) is 22.2. The van der Waals surface area contributed by atoms with Gasteiger partial charge in [-0.15, -0.1) is 0 Å². The second-order valence-electron chi connectivity index (χ2n) is 9.11. The Kier molecular flexibility index (Phi) is 11.0. The highest BCUT2D eigenvalue weighted by Crippen LogP contribution is 2.30. The number of carboxylic acids is 1. The number of ether oxygens (including phenoxy) is 3. The normalized spacial score (nSPS) is 18.6. The van der Waals surface area contributed by atoms with Crippen LogP contribution in [0.2, 0.25) is 0 Å². The lowest BCUT2D eigenvalue weighted by Gasteiger charge is -2.28. The average Bonchev–Trinajstić information content (AvgIpc) is 3.23. The minimum atomic E-state index is -1.06. The number of nitrogens with zero attached hydrogens (tertiary/aromatic N) is 1. The van der Waals surface area contributed by atoms with Crippen LogP contribution in [0.15, 0.2) is 48.7 Å². The van der Waals surface area contributed by atoms with Crippen molar-refractivity contribution < 1.29 is 43.3 Å². The van der Waals surface area contributed by atoms with E-state index in [0.717, 1.165) is 0 Å². The van der Waals surface area contributed by atoms with Gasteiger partial charge >= 0.3 is 11.9 Å². The fourth-order valence-corrected chi connectivity index (χ4v) is 3.97. The molecule has 1 saturated heterocycles. The summed E-state index contributed by atoms with van der Waals surface area (Å²) in [4.78, 5) is 60.3. The van der Waals surface area contributed by atoms with Gasteiger partial charge < -0.3 is 34.9 Å². The Bertz CT molecular complexity index is 1190. The Morgan fingerprint density at radius 1 is 1.18 bits per heavy atom. The number of rotatable bonds is 13. The lowest BCUT2D eigenvalue weighted by atomic mass is 10.1. The Hall–Kier alpha value is -4.45. The van der Waals surface area contributed by atoms with Crippen LogP contribution in [0.1, 0.15) is 44.6 Å². The molecule has 2 aliphatic heterocycles. The smallest absolute Gasteiger partial charge is 0.332 e. The third-order valence-corrected chi connectivity index (χ3v) is 5.99. The number of hydrogen-bond acceptors (Lipinski definition) is 8. The van der Waals surface area contributed by atoms with Gasteiger partial charge in [0, 0.05) is 51.0 Å². The molecule has 3 rings (SSSR count). The maximum atomic E-state index is 12.7. The quantitative estimate of drug-likeness (QED) is 0.310. The summed E-state index contributed by atoms with van der Waals surface area (Å²) in [6.07, 6.45) is 6.05. The highest BCUT2D eigenvalue weighted by molar-refractivity contribution is 5.94. The third kappa shape index (κ3) is 9.38. The first kappa shape index (κ1) is 30.1. The topological polar surface area (TPSA) is 161 Å². The van der Waals surface area contributed by atoms with E-state index in [2.05, 4.69) is 17.2 Å². The van der Waals surface area contributed by atoms with Crippen LogP contribution in [-0.4, -0.2) is 71.8 Å². The van der Waals surface area contributed by atoms with Gasteiger partial charge in [0.2, 0.25) is 18.1 Å². The van der Waals surface area contributed by atoms with E-state index >= 15 is 0 Å². The van der Waals surface area contributed by atoms with Crippen molar-refractivity contribution in [2.24, 2.45) is 0 Å². The second-order valence-corrected chi connectivity index (χ2v) is 9.11. The first-order chi connectivity index (χ1) is 19.1. The van der Waals surface area contributed by atoms with Crippen molar-refractivity contribution in [3.8, 4) is 5.75 Å². The predicted molar refractivity (Wildman–Crippen MR) is 144 cm³/mol. The Morgan fingerprint density at radius 3 is 2.67 bits per heavy atom. The monoisotopic (exact) mass is 555 g/mol. The molecule has 1 aromatic carbocycles. The van der Waals surface area contributed by atoms with E-state index in [9.17, 15) is 29.1 Å². The number of benzene rings is 1. The minimum absolute atomic E-state index is 0.0321. The Labute approximate surface area is 231 Å². The first-order valence-corrected chi connectivity index (χ1v) is 12.9. The second kappa shape index (κ2) is 14.6. The molecule has 214 valence electrons. The number of amides is 3. The van der Waals surface area contributed by atoms with Crippen LogP contribution in [0.5, 0.6) is 5.75 Å². The fourth-order valence-electron chi connectivity index (χ4n) is 3.97. The van der Waals surface area contributed by atoms with Gasteiger partial charge in [0.25, 0.3) is 5.91 Å². The van der Waals surface area contributed by atoms with Crippen LogP contribution in [0.25, 0.3) is 6.08 Å². The molecule has 12 heteroatoms. The molecule has 40 heavy (non-hydrogen) atoms. The van der Waals surface area contributed by atoms with Crippen molar-refractivity contribution in [3.63, 3.8) is 0 Å². The van der Waals surface area contributed by atoms with Crippen molar-refractivity contribution in [1.29, 1.82) is 0 Å². The molecule has 1 aromatic rings. The number of esters is 1. The molecule has 2 heterocycles. The third-order valence-electron chi connectivity index (χ3n) is 5.99. The minimum Gasteiger partial charge on any atom is -0.479 e. The molecule has 2 atom stereocenters. The number of hydrogen-bond donors (Lipinski definition) is 3.